The molecule has 162 valence electrons. The van der Waals surface area contributed by atoms with Gasteiger partial charge in [-0.05, 0) is 65.7 Å². The highest BCUT2D eigenvalue weighted by Gasteiger charge is 2.34. The van der Waals surface area contributed by atoms with Crippen LogP contribution in [0.4, 0.5) is 10.1 Å². The predicted molar refractivity (Wildman–Crippen MR) is 119 cm³/mol. The van der Waals surface area contributed by atoms with Crippen LogP contribution in [-0.4, -0.2) is 18.9 Å². The van der Waals surface area contributed by atoms with Crippen molar-refractivity contribution in [2.75, 3.05) is 12.1 Å². The Morgan fingerprint density at radius 2 is 1.72 bits per heavy atom. The number of rotatable bonds is 6. The molecular weight excluding hydrogens is 435 g/mol. The maximum Gasteiger partial charge on any atom is 0.282 e. The molecule has 0 radical (unpaired) electrons. The van der Waals surface area contributed by atoms with Gasteiger partial charge in [-0.1, -0.05) is 29.8 Å². The molecule has 0 unspecified atom stereocenters. The highest BCUT2D eigenvalue weighted by Crippen LogP contribution is 2.30. The van der Waals surface area contributed by atoms with Gasteiger partial charge in [0.15, 0.2) is 11.5 Å². The van der Waals surface area contributed by atoms with Crippen LogP contribution >= 0.6 is 11.6 Å². The summed E-state index contributed by atoms with van der Waals surface area (Å²) in [4.78, 5) is 25.2. The lowest BCUT2D eigenvalue weighted by molar-refractivity contribution is -0.117. The van der Waals surface area contributed by atoms with Crippen molar-refractivity contribution in [3.8, 4) is 11.5 Å². The van der Waals surface area contributed by atoms with E-state index in [1.165, 1.54) is 30.3 Å². The van der Waals surface area contributed by atoms with Crippen molar-refractivity contribution in [1.29, 1.82) is 0 Å². The maximum absolute atomic E-state index is 13.0. The largest absolute Gasteiger partial charge is 0.493 e. The molecule has 0 atom stereocenters. The summed E-state index contributed by atoms with van der Waals surface area (Å²) in [5.74, 6) is -0.400. The van der Waals surface area contributed by atoms with Crippen molar-refractivity contribution in [2.24, 2.45) is 0 Å². The van der Waals surface area contributed by atoms with Crippen LogP contribution in [0.2, 0.25) is 5.02 Å². The van der Waals surface area contributed by atoms with E-state index in [2.05, 4.69) is 5.43 Å². The van der Waals surface area contributed by atoms with Gasteiger partial charge >= 0.3 is 0 Å². The zero-order chi connectivity index (χ0) is 22.7. The third-order valence-corrected chi connectivity index (χ3v) is 5.03. The number of benzene rings is 3. The molecule has 1 heterocycles. The summed E-state index contributed by atoms with van der Waals surface area (Å²) in [5.41, 5.74) is 4.42. The standard InChI is InChI=1S/C24H18ClFN2O4/c1-31-22-13-16(4-11-21(22)32-14-15-2-7-18(26)8-3-15)12-20-23(29)27-28(24(20)30)19-9-5-17(25)6-10-19/h2-13H,14H2,1H3,(H,27,29)/b20-12+. The average molecular weight is 453 g/mol. The lowest BCUT2D eigenvalue weighted by Gasteiger charge is -2.14. The van der Waals surface area contributed by atoms with Crippen LogP contribution in [0.5, 0.6) is 11.5 Å². The van der Waals surface area contributed by atoms with E-state index in [4.69, 9.17) is 21.1 Å². The van der Waals surface area contributed by atoms with Gasteiger partial charge in [-0.3, -0.25) is 15.0 Å². The number of amides is 2. The highest BCUT2D eigenvalue weighted by atomic mass is 35.5. The molecule has 4 rings (SSSR count). The third-order valence-electron chi connectivity index (χ3n) is 4.78. The van der Waals surface area contributed by atoms with Crippen LogP contribution < -0.4 is 19.9 Å². The summed E-state index contributed by atoms with van der Waals surface area (Å²) < 4.78 is 24.2. The van der Waals surface area contributed by atoms with Gasteiger partial charge in [0, 0.05) is 5.02 Å². The van der Waals surface area contributed by atoms with Gasteiger partial charge in [-0.25, -0.2) is 9.40 Å². The number of ether oxygens (including phenoxy) is 2. The summed E-state index contributed by atoms with van der Waals surface area (Å²) in [6.45, 7) is 0.230. The van der Waals surface area contributed by atoms with Crippen molar-refractivity contribution >= 4 is 35.2 Å². The Bertz CT molecular complexity index is 1190. The Kier molecular flexibility index (Phi) is 6.09. The molecule has 3 aromatic rings. The maximum atomic E-state index is 13.0. The number of carbonyl (C=O) groups excluding carboxylic acids is 2. The Morgan fingerprint density at radius 1 is 1.00 bits per heavy atom. The number of hydrogen-bond donors (Lipinski definition) is 1. The van der Waals surface area contributed by atoms with Crippen LogP contribution in [0.15, 0.2) is 72.3 Å². The van der Waals surface area contributed by atoms with Crippen LogP contribution in [-0.2, 0) is 16.2 Å². The van der Waals surface area contributed by atoms with E-state index in [-0.39, 0.29) is 18.0 Å². The summed E-state index contributed by atoms with van der Waals surface area (Å²) >= 11 is 5.88. The van der Waals surface area contributed by atoms with Crippen molar-refractivity contribution in [3.05, 3.63) is 94.3 Å². The molecule has 0 aliphatic carbocycles. The van der Waals surface area contributed by atoms with Gasteiger partial charge in [0.2, 0.25) is 0 Å². The van der Waals surface area contributed by atoms with Crippen molar-refractivity contribution in [2.45, 2.75) is 6.61 Å². The van der Waals surface area contributed by atoms with E-state index in [1.54, 1.807) is 54.6 Å². The predicted octanol–water partition coefficient (Wildman–Crippen LogP) is 4.53. The van der Waals surface area contributed by atoms with E-state index in [9.17, 15) is 14.0 Å². The van der Waals surface area contributed by atoms with Gasteiger partial charge in [0.25, 0.3) is 11.8 Å². The van der Waals surface area contributed by atoms with Crippen LogP contribution in [0.1, 0.15) is 11.1 Å². The molecule has 1 aliphatic heterocycles. The fourth-order valence-electron chi connectivity index (χ4n) is 3.13. The summed E-state index contributed by atoms with van der Waals surface area (Å²) in [7, 11) is 1.49. The average Bonchev–Trinajstić information content (AvgIpc) is 3.08. The second-order valence-corrected chi connectivity index (χ2v) is 7.38. The molecular formula is C24H18ClFN2O4. The van der Waals surface area contributed by atoms with Crippen LogP contribution in [0, 0.1) is 5.82 Å². The number of anilines is 1. The van der Waals surface area contributed by atoms with E-state index in [0.29, 0.717) is 27.8 Å². The number of hydrogen-bond acceptors (Lipinski definition) is 4. The quantitative estimate of drug-likeness (QED) is 0.441. The molecule has 3 aromatic carbocycles. The fraction of sp³-hybridized carbons (Fsp3) is 0.0833. The molecule has 2 amide bonds. The number of carbonyl (C=O) groups is 2. The Balaban J connectivity index is 1.53. The third kappa shape index (κ3) is 4.58. The monoisotopic (exact) mass is 452 g/mol. The first-order chi connectivity index (χ1) is 15.4. The van der Waals surface area contributed by atoms with Crippen LogP contribution in [0.3, 0.4) is 0 Å². The van der Waals surface area contributed by atoms with Gasteiger partial charge in [0.05, 0.1) is 12.8 Å². The van der Waals surface area contributed by atoms with Crippen molar-refractivity contribution < 1.29 is 23.5 Å². The lowest BCUT2D eigenvalue weighted by atomic mass is 10.1. The fourth-order valence-corrected chi connectivity index (χ4v) is 3.26. The molecule has 0 spiro atoms. The number of hydrazine groups is 1. The molecule has 0 aromatic heterocycles. The topological polar surface area (TPSA) is 67.9 Å². The zero-order valence-corrected chi connectivity index (χ0v) is 17.7. The Hall–Kier alpha value is -3.84. The van der Waals surface area contributed by atoms with E-state index in [1.807, 2.05) is 0 Å². The highest BCUT2D eigenvalue weighted by molar-refractivity contribution is 6.32. The normalized spacial score (nSPS) is 14.6. The Labute approximate surface area is 188 Å². The summed E-state index contributed by atoms with van der Waals surface area (Å²) in [5, 5.41) is 1.69. The minimum absolute atomic E-state index is 0.0121. The molecule has 1 saturated heterocycles. The summed E-state index contributed by atoms with van der Waals surface area (Å²) in [6, 6.07) is 17.6. The molecule has 6 nitrogen and oxygen atoms in total. The molecule has 1 aliphatic rings. The van der Waals surface area contributed by atoms with Gasteiger partial charge < -0.3 is 9.47 Å². The smallest absolute Gasteiger partial charge is 0.282 e. The molecule has 0 saturated carbocycles. The van der Waals surface area contributed by atoms with E-state index >= 15 is 0 Å². The minimum atomic E-state index is -0.513. The van der Waals surface area contributed by atoms with Gasteiger partial charge in [-0.15, -0.1) is 0 Å². The number of nitrogens with one attached hydrogen (secondary N) is 1. The van der Waals surface area contributed by atoms with Crippen molar-refractivity contribution in [3.63, 3.8) is 0 Å². The lowest BCUT2D eigenvalue weighted by Crippen LogP contribution is -2.35. The summed E-state index contributed by atoms with van der Waals surface area (Å²) in [6.07, 6.45) is 1.49. The van der Waals surface area contributed by atoms with Gasteiger partial charge in [-0.2, -0.15) is 0 Å². The SMILES string of the molecule is COc1cc(/C=C2\C(=O)NN(c3ccc(Cl)cc3)C2=O)ccc1OCc1ccc(F)cc1. The van der Waals surface area contributed by atoms with E-state index < -0.39 is 11.8 Å². The first kappa shape index (κ1) is 21.4. The number of nitrogens with zero attached hydrogens (tertiary/aromatic N) is 1. The molecule has 1 fully saturated rings. The Morgan fingerprint density at radius 3 is 2.41 bits per heavy atom. The first-order valence-electron chi connectivity index (χ1n) is 9.62. The minimum Gasteiger partial charge on any atom is -0.493 e. The molecule has 0 bridgehead atoms. The molecule has 32 heavy (non-hydrogen) atoms. The van der Waals surface area contributed by atoms with Gasteiger partial charge in [0.1, 0.15) is 18.0 Å². The second kappa shape index (κ2) is 9.11. The van der Waals surface area contributed by atoms with E-state index in [0.717, 1.165) is 5.56 Å². The number of halogens is 2. The second-order valence-electron chi connectivity index (χ2n) is 6.94. The van der Waals surface area contributed by atoms with Crippen LogP contribution in [0.25, 0.3) is 6.08 Å². The van der Waals surface area contributed by atoms with Crippen molar-refractivity contribution in [1.82, 2.24) is 5.43 Å². The molecule has 1 N–H and O–H groups in total. The number of methoxy groups -OCH3 is 1. The first-order valence-corrected chi connectivity index (χ1v) is 10.0. The zero-order valence-electron chi connectivity index (χ0n) is 17.0. The molecule has 8 heteroatoms.